The number of halogens is 1. The molecule has 5 heteroatoms. The zero-order valence-corrected chi connectivity index (χ0v) is 10.8. The van der Waals surface area contributed by atoms with E-state index in [0.717, 1.165) is 3.57 Å². The molecule has 0 radical (unpaired) electrons. The highest BCUT2D eigenvalue weighted by Gasteiger charge is 2.18. The number of methoxy groups -OCH3 is 3. The van der Waals surface area contributed by atoms with Gasteiger partial charge in [0.15, 0.2) is 0 Å². The Morgan fingerprint density at radius 3 is 2.33 bits per heavy atom. The monoisotopic (exact) mass is 322 g/mol. The van der Waals surface area contributed by atoms with Crippen molar-refractivity contribution in [3.8, 4) is 11.5 Å². The lowest BCUT2D eigenvalue weighted by molar-refractivity contribution is 0.0596. The molecule has 0 bridgehead atoms. The summed E-state index contributed by atoms with van der Waals surface area (Å²) in [4.78, 5) is 11.5. The lowest BCUT2D eigenvalue weighted by Gasteiger charge is -2.10. The van der Waals surface area contributed by atoms with Gasteiger partial charge in [0.2, 0.25) is 0 Å². The summed E-state index contributed by atoms with van der Waals surface area (Å²) in [5, 5.41) is 0. The van der Waals surface area contributed by atoms with Crippen molar-refractivity contribution in [2.45, 2.75) is 0 Å². The third kappa shape index (κ3) is 2.53. The third-order valence-electron chi connectivity index (χ3n) is 1.87. The number of benzene rings is 1. The van der Waals surface area contributed by atoms with Gasteiger partial charge in [-0.25, -0.2) is 4.79 Å². The second-order valence-corrected chi connectivity index (χ2v) is 3.84. The first-order chi connectivity index (χ1) is 7.13. The second-order valence-electron chi connectivity index (χ2n) is 2.68. The molecule has 0 N–H and O–H groups in total. The normalized spacial score (nSPS) is 9.60. The van der Waals surface area contributed by atoms with E-state index in [1.165, 1.54) is 14.2 Å². The quantitative estimate of drug-likeness (QED) is 0.631. The smallest absolute Gasteiger partial charge is 0.342 e. The zero-order chi connectivity index (χ0) is 11.4. The fraction of sp³-hybridized carbons (Fsp3) is 0.300. The Bertz CT molecular complexity index is 376. The first-order valence-electron chi connectivity index (χ1n) is 4.13. The summed E-state index contributed by atoms with van der Waals surface area (Å²) in [7, 11) is 4.39. The topological polar surface area (TPSA) is 44.8 Å². The van der Waals surface area contributed by atoms with Gasteiger partial charge in [-0.2, -0.15) is 0 Å². The number of carbonyl (C=O) groups is 1. The Labute approximate surface area is 102 Å². The molecule has 0 saturated heterocycles. The molecule has 0 aliphatic rings. The van der Waals surface area contributed by atoms with Gasteiger partial charge in [0.25, 0.3) is 0 Å². The molecule has 0 saturated carbocycles. The van der Waals surface area contributed by atoms with E-state index in [2.05, 4.69) is 4.74 Å². The van der Waals surface area contributed by atoms with Crippen LogP contribution < -0.4 is 9.47 Å². The predicted octanol–water partition coefficient (Wildman–Crippen LogP) is 2.09. The van der Waals surface area contributed by atoms with Gasteiger partial charge < -0.3 is 14.2 Å². The van der Waals surface area contributed by atoms with Gasteiger partial charge >= 0.3 is 5.97 Å². The lowest BCUT2D eigenvalue weighted by Crippen LogP contribution is -2.07. The standard InChI is InChI=1S/C10H11IO4/c1-13-6-4-7(11)9(10(12)15-3)8(5-6)14-2/h4-5H,1-3H3. The first kappa shape index (κ1) is 12.1. The fourth-order valence-electron chi connectivity index (χ4n) is 1.14. The number of ether oxygens (including phenoxy) is 3. The van der Waals surface area contributed by atoms with Crippen LogP contribution in [0.5, 0.6) is 11.5 Å². The predicted molar refractivity (Wildman–Crippen MR) is 63.6 cm³/mol. The molecule has 0 aliphatic heterocycles. The third-order valence-corrected chi connectivity index (χ3v) is 2.72. The Morgan fingerprint density at radius 1 is 1.20 bits per heavy atom. The molecule has 0 fully saturated rings. The molecule has 82 valence electrons. The highest BCUT2D eigenvalue weighted by Crippen LogP contribution is 2.30. The summed E-state index contributed by atoms with van der Waals surface area (Å²) in [6.45, 7) is 0. The van der Waals surface area contributed by atoms with Gasteiger partial charge in [-0.15, -0.1) is 0 Å². The minimum Gasteiger partial charge on any atom is -0.497 e. The molecule has 0 aromatic heterocycles. The molecular formula is C10H11IO4. The van der Waals surface area contributed by atoms with Crippen molar-refractivity contribution in [2.75, 3.05) is 21.3 Å². The SMILES string of the molecule is COC(=O)c1c(I)cc(OC)cc1OC. The molecular weight excluding hydrogens is 311 g/mol. The van der Waals surface area contributed by atoms with Crippen molar-refractivity contribution in [1.29, 1.82) is 0 Å². The molecule has 0 atom stereocenters. The van der Waals surface area contributed by atoms with Crippen LogP contribution in [0.3, 0.4) is 0 Å². The van der Waals surface area contributed by atoms with Crippen LogP contribution in [0.1, 0.15) is 10.4 Å². The molecule has 0 amide bonds. The van der Waals surface area contributed by atoms with Crippen molar-refractivity contribution in [3.05, 3.63) is 21.3 Å². The number of esters is 1. The summed E-state index contributed by atoms with van der Waals surface area (Å²) in [6.07, 6.45) is 0. The van der Waals surface area contributed by atoms with Crippen LogP contribution in [0.25, 0.3) is 0 Å². The van der Waals surface area contributed by atoms with Crippen LogP contribution in [-0.4, -0.2) is 27.3 Å². The Kier molecular flexibility index (Phi) is 4.19. The van der Waals surface area contributed by atoms with Crippen LogP contribution >= 0.6 is 22.6 Å². The van der Waals surface area contributed by atoms with Crippen molar-refractivity contribution in [1.82, 2.24) is 0 Å². The van der Waals surface area contributed by atoms with Crippen LogP contribution in [0.2, 0.25) is 0 Å². The van der Waals surface area contributed by atoms with Gasteiger partial charge in [-0.1, -0.05) is 0 Å². The highest BCUT2D eigenvalue weighted by molar-refractivity contribution is 14.1. The molecule has 0 spiro atoms. The Morgan fingerprint density at radius 2 is 1.87 bits per heavy atom. The van der Waals surface area contributed by atoms with Gasteiger partial charge in [0, 0.05) is 9.64 Å². The number of hydrogen-bond acceptors (Lipinski definition) is 4. The van der Waals surface area contributed by atoms with Crippen molar-refractivity contribution in [3.63, 3.8) is 0 Å². The molecule has 0 unspecified atom stereocenters. The van der Waals surface area contributed by atoms with Gasteiger partial charge in [-0.3, -0.25) is 0 Å². The largest absolute Gasteiger partial charge is 0.497 e. The summed E-state index contributed by atoms with van der Waals surface area (Å²) in [5.41, 5.74) is 0.418. The van der Waals surface area contributed by atoms with E-state index in [1.807, 2.05) is 22.6 Å². The van der Waals surface area contributed by atoms with E-state index in [4.69, 9.17) is 9.47 Å². The molecule has 1 aromatic rings. The molecule has 4 nitrogen and oxygen atoms in total. The van der Waals surface area contributed by atoms with Crippen LogP contribution in [0.15, 0.2) is 12.1 Å². The summed E-state index contributed by atoms with van der Waals surface area (Å²) in [5.74, 6) is 0.674. The molecule has 0 heterocycles. The lowest BCUT2D eigenvalue weighted by atomic mass is 10.2. The summed E-state index contributed by atoms with van der Waals surface area (Å²) in [6, 6.07) is 3.39. The van der Waals surface area contributed by atoms with Crippen LogP contribution in [-0.2, 0) is 4.74 Å². The van der Waals surface area contributed by atoms with Crippen LogP contribution in [0.4, 0.5) is 0 Å². The van der Waals surface area contributed by atoms with E-state index in [-0.39, 0.29) is 0 Å². The zero-order valence-electron chi connectivity index (χ0n) is 8.67. The minimum atomic E-state index is -0.418. The maximum Gasteiger partial charge on any atom is 0.342 e. The van der Waals surface area contributed by atoms with Gasteiger partial charge in [0.05, 0.1) is 21.3 Å². The number of carbonyl (C=O) groups excluding carboxylic acids is 1. The van der Waals surface area contributed by atoms with Gasteiger partial charge in [0.1, 0.15) is 17.1 Å². The molecule has 0 aliphatic carbocycles. The van der Waals surface area contributed by atoms with E-state index in [9.17, 15) is 4.79 Å². The Hall–Kier alpha value is -0.980. The van der Waals surface area contributed by atoms with E-state index >= 15 is 0 Å². The summed E-state index contributed by atoms with van der Waals surface area (Å²) < 4.78 is 15.6. The van der Waals surface area contributed by atoms with E-state index < -0.39 is 5.97 Å². The second kappa shape index (κ2) is 5.20. The molecule has 1 aromatic carbocycles. The minimum absolute atomic E-state index is 0.418. The average Bonchev–Trinajstić information content (AvgIpc) is 2.26. The molecule has 1 rings (SSSR count). The van der Waals surface area contributed by atoms with Crippen LogP contribution in [0, 0.1) is 3.57 Å². The van der Waals surface area contributed by atoms with E-state index in [0.29, 0.717) is 17.1 Å². The highest BCUT2D eigenvalue weighted by atomic mass is 127. The van der Waals surface area contributed by atoms with Crippen molar-refractivity contribution < 1.29 is 19.0 Å². The maximum absolute atomic E-state index is 11.5. The van der Waals surface area contributed by atoms with Gasteiger partial charge in [-0.05, 0) is 28.7 Å². The van der Waals surface area contributed by atoms with E-state index in [1.54, 1.807) is 19.2 Å². The summed E-state index contributed by atoms with van der Waals surface area (Å²) >= 11 is 2.04. The Balaban J connectivity index is 3.30. The fourth-order valence-corrected chi connectivity index (χ4v) is 1.93. The maximum atomic E-state index is 11.5. The first-order valence-corrected chi connectivity index (χ1v) is 5.21. The van der Waals surface area contributed by atoms with Crippen molar-refractivity contribution in [2.24, 2.45) is 0 Å². The number of rotatable bonds is 3. The molecule has 15 heavy (non-hydrogen) atoms. The average molecular weight is 322 g/mol. The van der Waals surface area contributed by atoms with Crippen molar-refractivity contribution >= 4 is 28.6 Å². The number of hydrogen-bond donors (Lipinski definition) is 0.